The van der Waals surface area contributed by atoms with Crippen LogP contribution in [0.15, 0.2) is 85.0 Å². The SMILES string of the molecule is C=C(C)C(=O)OCCCc1cc(-c2ccc(-c3ccccc3)cc2CC)cc(CCCOC(=O)C(=C)C)c1OCCC(CO)(CO)CCCCC. The molecule has 0 aliphatic heterocycles. The first-order valence-corrected chi connectivity index (χ1v) is 18.4. The molecule has 0 unspecified atom stereocenters. The molecule has 2 N–H and O–H groups in total. The van der Waals surface area contributed by atoms with E-state index in [2.05, 4.69) is 69.5 Å². The van der Waals surface area contributed by atoms with E-state index in [-0.39, 0.29) is 26.4 Å². The van der Waals surface area contributed by atoms with Gasteiger partial charge in [0.05, 0.1) is 33.0 Å². The summed E-state index contributed by atoms with van der Waals surface area (Å²) in [6, 6.07) is 21.3. The van der Waals surface area contributed by atoms with Crippen molar-refractivity contribution in [3.8, 4) is 28.0 Å². The van der Waals surface area contributed by atoms with Crippen LogP contribution in [0.4, 0.5) is 0 Å². The van der Waals surface area contributed by atoms with Gasteiger partial charge in [0, 0.05) is 16.6 Å². The van der Waals surface area contributed by atoms with Crippen molar-refractivity contribution in [2.24, 2.45) is 5.41 Å². The van der Waals surface area contributed by atoms with Gasteiger partial charge >= 0.3 is 11.9 Å². The van der Waals surface area contributed by atoms with Gasteiger partial charge < -0.3 is 24.4 Å². The summed E-state index contributed by atoms with van der Waals surface area (Å²) in [4.78, 5) is 24.2. The third-order valence-electron chi connectivity index (χ3n) is 9.35. The second-order valence-corrected chi connectivity index (χ2v) is 13.6. The number of carbonyl (C=O) groups is 2. The number of ether oxygens (including phenoxy) is 3. The Bertz CT molecular complexity index is 1530. The van der Waals surface area contributed by atoms with Crippen LogP contribution in [-0.2, 0) is 38.3 Å². The molecule has 0 spiro atoms. The van der Waals surface area contributed by atoms with Crippen LogP contribution in [-0.4, -0.2) is 55.2 Å². The minimum absolute atomic E-state index is 0.115. The lowest BCUT2D eigenvalue weighted by atomic mass is 9.81. The third kappa shape index (κ3) is 12.5. The van der Waals surface area contributed by atoms with E-state index in [0.717, 1.165) is 71.2 Å². The molecule has 0 saturated heterocycles. The average molecular weight is 699 g/mol. The Morgan fingerprint density at radius 2 is 1.24 bits per heavy atom. The standard InChI is InChI=1S/C44H58O7/c1-7-9-13-22-44(30-45,31-46)23-26-49-41-37(18-14-24-50-42(47)32(3)4)28-39(29-38(41)19-15-25-51-43(48)33(5)6)40-21-20-36(27-34(40)8-2)35-16-11-10-12-17-35/h10-12,16-17,20-21,27-29,45-46H,3,5,7-9,13-15,18-19,22-26,30-31H2,1-2,4,6H3. The number of unbranched alkanes of at least 4 members (excludes halogenated alkanes) is 2. The lowest BCUT2D eigenvalue weighted by Gasteiger charge is -2.30. The Labute approximate surface area is 305 Å². The van der Waals surface area contributed by atoms with Crippen molar-refractivity contribution in [3.63, 3.8) is 0 Å². The van der Waals surface area contributed by atoms with E-state index < -0.39 is 17.4 Å². The highest BCUT2D eigenvalue weighted by atomic mass is 16.5. The average Bonchev–Trinajstić information content (AvgIpc) is 3.14. The van der Waals surface area contributed by atoms with Crippen LogP contribution in [0.3, 0.4) is 0 Å². The highest BCUT2D eigenvalue weighted by Gasteiger charge is 2.28. The van der Waals surface area contributed by atoms with Gasteiger partial charge in [0.25, 0.3) is 0 Å². The van der Waals surface area contributed by atoms with Crippen LogP contribution in [0.5, 0.6) is 5.75 Å². The fraction of sp³-hybridized carbons (Fsp3) is 0.455. The number of rotatable bonds is 23. The van der Waals surface area contributed by atoms with Gasteiger partial charge in [-0.3, -0.25) is 0 Å². The topological polar surface area (TPSA) is 102 Å². The van der Waals surface area contributed by atoms with Crippen LogP contribution >= 0.6 is 0 Å². The lowest BCUT2D eigenvalue weighted by Crippen LogP contribution is -2.32. The zero-order chi connectivity index (χ0) is 37.2. The van der Waals surface area contributed by atoms with E-state index >= 15 is 0 Å². The summed E-state index contributed by atoms with van der Waals surface area (Å²) in [6.45, 7) is 15.5. The molecule has 3 aromatic carbocycles. The summed E-state index contributed by atoms with van der Waals surface area (Å²) < 4.78 is 17.5. The Morgan fingerprint density at radius 3 is 1.75 bits per heavy atom. The maximum Gasteiger partial charge on any atom is 0.333 e. The summed E-state index contributed by atoms with van der Waals surface area (Å²) in [5.74, 6) is -0.0824. The van der Waals surface area contributed by atoms with Crippen LogP contribution in [0.2, 0.25) is 0 Å². The Hall–Kier alpha value is -4.20. The number of hydrogen-bond donors (Lipinski definition) is 2. The molecule has 7 nitrogen and oxygen atoms in total. The van der Waals surface area contributed by atoms with Crippen LogP contribution in [0, 0.1) is 5.41 Å². The molecule has 3 rings (SSSR count). The van der Waals surface area contributed by atoms with E-state index in [0.29, 0.717) is 49.9 Å². The van der Waals surface area contributed by atoms with Gasteiger partial charge in [-0.15, -0.1) is 0 Å². The van der Waals surface area contributed by atoms with Crippen molar-refractivity contribution in [2.45, 2.75) is 91.9 Å². The quantitative estimate of drug-likeness (QED) is 0.0579. The number of hydrogen-bond acceptors (Lipinski definition) is 7. The van der Waals surface area contributed by atoms with E-state index in [1.54, 1.807) is 13.8 Å². The zero-order valence-corrected chi connectivity index (χ0v) is 31.2. The first-order chi connectivity index (χ1) is 24.6. The minimum Gasteiger partial charge on any atom is -0.493 e. The van der Waals surface area contributed by atoms with Gasteiger partial charge in [-0.2, -0.15) is 0 Å². The molecule has 0 aromatic heterocycles. The first-order valence-electron chi connectivity index (χ1n) is 18.4. The number of aliphatic hydroxyl groups is 2. The fourth-order valence-corrected chi connectivity index (χ4v) is 6.16. The number of esters is 2. The molecular weight excluding hydrogens is 640 g/mol. The largest absolute Gasteiger partial charge is 0.493 e. The fourth-order valence-electron chi connectivity index (χ4n) is 6.16. The van der Waals surface area contributed by atoms with E-state index in [9.17, 15) is 19.8 Å². The second kappa shape index (κ2) is 21.2. The van der Waals surface area contributed by atoms with E-state index in [4.69, 9.17) is 14.2 Å². The molecule has 0 aliphatic carbocycles. The van der Waals surface area contributed by atoms with Crippen molar-refractivity contribution in [3.05, 3.63) is 102 Å². The van der Waals surface area contributed by atoms with E-state index in [1.165, 1.54) is 5.56 Å². The van der Waals surface area contributed by atoms with Crippen molar-refractivity contribution in [2.75, 3.05) is 33.0 Å². The summed E-state index contributed by atoms with van der Waals surface area (Å²) in [5.41, 5.74) is 7.77. The summed E-state index contributed by atoms with van der Waals surface area (Å²) in [7, 11) is 0. The number of benzene rings is 3. The van der Waals surface area contributed by atoms with Gasteiger partial charge in [0.15, 0.2) is 0 Å². The molecule has 0 heterocycles. The third-order valence-corrected chi connectivity index (χ3v) is 9.35. The number of aliphatic hydroxyl groups excluding tert-OH is 2. The number of carbonyl (C=O) groups excluding carboxylic acids is 2. The predicted octanol–water partition coefficient (Wildman–Crippen LogP) is 9.01. The Kier molecular flexibility index (Phi) is 17.2. The number of aryl methyl sites for hydroxylation is 3. The van der Waals surface area contributed by atoms with Gasteiger partial charge in [-0.05, 0) is 110 Å². The highest BCUT2D eigenvalue weighted by molar-refractivity contribution is 5.87. The lowest BCUT2D eigenvalue weighted by molar-refractivity contribution is -0.139. The smallest absolute Gasteiger partial charge is 0.333 e. The van der Waals surface area contributed by atoms with Crippen LogP contribution in [0.1, 0.15) is 89.3 Å². The monoisotopic (exact) mass is 698 g/mol. The molecular formula is C44H58O7. The highest BCUT2D eigenvalue weighted by Crippen LogP contribution is 2.37. The van der Waals surface area contributed by atoms with E-state index in [1.807, 2.05) is 18.2 Å². The van der Waals surface area contributed by atoms with Gasteiger partial charge in [-0.1, -0.05) is 94.8 Å². The molecule has 0 aliphatic rings. The molecule has 0 saturated carbocycles. The summed E-state index contributed by atoms with van der Waals surface area (Å²) in [5, 5.41) is 20.7. The van der Waals surface area contributed by atoms with Gasteiger partial charge in [0.1, 0.15) is 5.75 Å². The Morgan fingerprint density at radius 1 is 0.667 bits per heavy atom. The molecule has 3 aromatic rings. The first kappa shape index (κ1) is 41.2. The van der Waals surface area contributed by atoms with Crippen molar-refractivity contribution < 1.29 is 34.0 Å². The molecule has 7 heteroatoms. The van der Waals surface area contributed by atoms with Crippen molar-refractivity contribution in [1.82, 2.24) is 0 Å². The Balaban J connectivity index is 2.04. The summed E-state index contributed by atoms with van der Waals surface area (Å²) >= 11 is 0. The predicted molar refractivity (Wildman–Crippen MR) is 206 cm³/mol. The molecule has 276 valence electrons. The molecule has 0 radical (unpaired) electrons. The van der Waals surface area contributed by atoms with Crippen LogP contribution < -0.4 is 4.74 Å². The zero-order valence-electron chi connectivity index (χ0n) is 31.2. The molecule has 0 amide bonds. The normalized spacial score (nSPS) is 11.3. The minimum atomic E-state index is -0.626. The van der Waals surface area contributed by atoms with Gasteiger partial charge in [0.2, 0.25) is 0 Å². The summed E-state index contributed by atoms with van der Waals surface area (Å²) in [6.07, 6.45) is 7.43. The van der Waals surface area contributed by atoms with Crippen molar-refractivity contribution in [1.29, 1.82) is 0 Å². The van der Waals surface area contributed by atoms with Gasteiger partial charge in [-0.25, -0.2) is 9.59 Å². The molecule has 0 fully saturated rings. The molecule has 51 heavy (non-hydrogen) atoms. The molecule has 0 atom stereocenters. The van der Waals surface area contributed by atoms with Crippen molar-refractivity contribution >= 4 is 11.9 Å². The van der Waals surface area contributed by atoms with Crippen LogP contribution in [0.25, 0.3) is 22.3 Å². The second-order valence-electron chi connectivity index (χ2n) is 13.6. The molecule has 0 bridgehead atoms. The maximum atomic E-state index is 12.1. The maximum absolute atomic E-state index is 12.1.